The molecule has 17 nitrogen and oxygen atoms in total. The number of hydrogen-bond donors (Lipinski definition) is 1. The van der Waals surface area contributed by atoms with E-state index in [0.29, 0.717) is 54.1 Å². The molecule has 17 heteroatoms. The molecule has 51 heavy (non-hydrogen) atoms. The van der Waals surface area contributed by atoms with E-state index < -0.39 is 18.4 Å². The van der Waals surface area contributed by atoms with Gasteiger partial charge in [-0.2, -0.15) is 10.2 Å². The fourth-order valence-electron chi connectivity index (χ4n) is 5.19. The van der Waals surface area contributed by atoms with Crippen LogP contribution in [0.2, 0.25) is 0 Å². The molecule has 2 aromatic heterocycles. The Morgan fingerprint density at radius 3 is 2.45 bits per heavy atom. The second kappa shape index (κ2) is 17.4. The van der Waals surface area contributed by atoms with Crippen molar-refractivity contribution in [1.82, 2.24) is 35.2 Å². The second-order valence-corrected chi connectivity index (χ2v) is 10.9. The third-order valence-corrected chi connectivity index (χ3v) is 7.58. The van der Waals surface area contributed by atoms with Gasteiger partial charge in [-0.1, -0.05) is 54.6 Å². The zero-order valence-corrected chi connectivity index (χ0v) is 28.7. The predicted molar refractivity (Wildman–Crippen MR) is 182 cm³/mol. The molecular formula is C34H39N9O8. The number of carbonyl (C=O) groups is 2. The highest BCUT2D eigenvalue weighted by atomic mass is 16.8. The van der Waals surface area contributed by atoms with Crippen LogP contribution in [-0.2, 0) is 25.6 Å². The minimum absolute atomic E-state index is 0.0405. The molecule has 0 aliphatic heterocycles. The molecule has 0 aliphatic rings. The van der Waals surface area contributed by atoms with E-state index in [1.807, 2.05) is 69.3 Å². The summed E-state index contributed by atoms with van der Waals surface area (Å²) in [7, 11) is 0. The van der Waals surface area contributed by atoms with E-state index in [4.69, 9.17) is 23.8 Å². The summed E-state index contributed by atoms with van der Waals surface area (Å²) in [6, 6.07) is 21.1. The number of carbonyl (C=O) groups excluding carboxylic acids is 2. The van der Waals surface area contributed by atoms with Crippen molar-refractivity contribution in [3.63, 3.8) is 0 Å². The van der Waals surface area contributed by atoms with Crippen molar-refractivity contribution in [2.24, 2.45) is 5.28 Å². The number of benzene rings is 3. The lowest BCUT2D eigenvalue weighted by atomic mass is 9.98. The van der Waals surface area contributed by atoms with Gasteiger partial charge >= 0.3 is 12.1 Å². The molecular weight excluding hydrogens is 662 g/mol. The Morgan fingerprint density at radius 2 is 1.75 bits per heavy atom. The lowest BCUT2D eigenvalue weighted by Crippen LogP contribution is -2.30. The third-order valence-electron chi connectivity index (χ3n) is 7.58. The number of nitrogens with one attached hydrogen (secondary N) is 1. The van der Waals surface area contributed by atoms with Crippen molar-refractivity contribution in [2.45, 2.75) is 47.0 Å². The van der Waals surface area contributed by atoms with E-state index in [2.05, 4.69) is 30.9 Å². The van der Waals surface area contributed by atoms with Gasteiger partial charge in [0.2, 0.25) is 17.4 Å². The van der Waals surface area contributed by atoms with Gasteiger partial charge in [-0.15, -0.1) is 15.2 Å². The Morgan fingerprint density at radius 1 is 0.980 bits per heavy atom. The van der Waals surface area contributed by atoms with Crippen LogP contribution in [0.3, 0.4) is 0 Å². The highest BCUT2D eigenvalue weighted by Crippen LogP contribution is 2.31. The van der Waals surface area contributed by atoms with Gasteiger partial charge in [-0.25, -0.2) is 9.59 Å². The summed E-state index contributed by atoms with van der Waals surface area (Å²) in [5.41, 5.74) is 4.90. The van der Waals surface area contributed by atoms with Crippen molar-refractivity contribution in [2.75, 3.05) is 32.9 Å². The van der Waals surface area contributed by atoms with Crippen molar-refractivity contribution < 1.29 is 38.3 Å². The van der Waals surface area contributed by atoms with E-state index in [1.165, 1.54) is 11.9 Å². The molecule has 0 amide bonds. The van der Waals surface area contributed by atoms with Crippen LogP contribution in [-0.4, -0.2) is 91.5 Å². The summed E-state index contributed by atoms with van der Waals surface area (Å²) >= 11 is 0. The first-order valence-electron chi connectivity index (χ1n) is 16.5. The maximum atomic E-state index is 13.4. The lowest BCUT2D eigenvalue weighted by Gasteiger charge is -2.15. The normalized spacial score (nSPS) is 12.0. The smallest absolute Gasteiger partial charge is 0.511 e. The van der Waals surface area contributed by atoms with Gasteiger partial charge < -0.3 is 29.0 Å². The molecule has 0 spiro atoms. The number of hydrogen-bond acceptors (Lipinski definition) is 13. The van der Waals surface area contributed by atoms with Crippen LogP contribution in [0.4, 0.5) is 4.79 Å². The molecule has 3 aromatic carbocycles. The van der Waals surface area contributed by atoms with Crippen LogP contribution in [0.15, 0.2) is 72.0 Å². The van der Waals surface area contributed by atoms with Gasteiger partial charge in [0.1, 0.15) is 6.61 Å². The zero-order chi connectivity index (χ0) is 36.2. The highest BCUT2D eigenvalue weighted by Gasteiger charge is 2.23. The van der Waals surface area contributed by atoms with E-state index in [9.17, 15) is 14.8 Å². The lowest BCUT2D eigenvalue weighted by molar-refractivity contribution is -0.710. The molecule has 2 heterocycles. The number of para-hydroxylation sites is 1. The van der Waals surface area contributed by atoms with Crippen LogP contribution in [0.1, 0.15) is 50.0 Å². The van der Waals surface area contributed by atoms with Gasteiger partial charge in [0.25, 0.3) is 6.01 Å². The molecule has 5 aromatic rings. The number of fused-ring (bicyclic) bond motifs is 1. The number of nitrogens with zero attached hydrogens (tertiary/aromatic N) is 8. The molecule has 0 saturated heterocycles. The number of aromatic amines is 1. The zero-order valence-electron chi connectivity index (χ0n) is 28.7. The SMILES string of the molecule is CCOc1nc2cccc(C(=O)OC(C)OC(=O)OCCCO/N=[N+](\[O-])N(CC)CC)c2n1Cc1ccc(-c2ccccc2-c2nn[nH]n2)cc1. The van der Waals surface area contributed by atoms with Crippen molar-refractivity contribution >= 4 is 23.2 Å². The Hall–Kier alpha value is -6.26. The number of rotatable bonds is 17. The molecule has 1 N–H and O–H groups in total. The molecule has 5 rings (SSSR count). The number of H-pyrrole nitrogens is 1. The van der Waals surface area contributed by atoms with E-state index >= 15 is 0 Å². The predicted octanol–water partition coefficient (Wildman–Crippen LogP) is 5.53. The van der Waals surface area contributed by atoms with Gasteiger partial charge in [-0.05, 0) is 54.8 Å². The van der Waals surface area contributed by atoms with E-state index in [-0.39, 0.29) is 25.2 Å². The molecule has 0 bridgehead atoms. The van der Waals surface area contributed by atoms with Crippen LogP contribution in [0.5, 0.6) is 6.01 Å². The van der Waals surface area contributed by atoms with Crippen LogP contribution >= 0.6 is 0 Å². The number of tetrazole rings is 1. The van der Waals surface area contributed by atoms with Gasteiger partial charge in [0, 0.05) is 18.9 Å². The summed E-state index contributed by atoms with van der Waals surface area (Å²) in [5, 5.41) is 31.0. The molecule has 268 valence electrons. The Labute approximate surface area is 293 Å². The topological polar surface area (TPSA) is 194 Å². The van der Waals surface area contributed by atoms with Gasteiger partial charge in [0.15, 0.2) is 0 Å². The number of ether oxygens (including phenoxy) is 4. The average molecular weight is 702 g/mol. The monoisotopic (exact) mass is 701 g/mol. The maximum Gasteiger partial charge on any atom is 0.511 e. The second-order valence-electron chi connectivity index (χ2n) is 10.9. The molecule has 0 fully saturated rings. The highest BCUT2D eigenvalue weighted by molar-refractivity contribution is 6.02. The van der Waals surface area contributed by atoms with Crippen molar-refractivity contribution in [3.05, 3.63) is 83.1 Å². The first kappa shape index (κ1) is 36.0. The first-order valence-corrected chi connectivity index (χ1v) is 16.5. The van der Waals surface area contributed by atoms with Gasteiger partial charge in [-0.3, -0.25) is 4.57 Å². The largest absolute Gasteiger partial charge is 0.569 e. The maximum absolute atomic E-state index is 13.4. The summed E-state index contributed by atoms with van der Waals surface area (Å²) in [6.07, 6.45) is -2.05. The van der Waals surface area contributed by atoms with Crippen LogP contribution < -0.4 is 4.74 Å². The summed E-state index contributed by atoms with van der Waals surface area (Å²) in [5.74, 6) is -0.237. The Balaban J connectivity index is 1.23. The van der Waals surface area contributed by atoms with Crippen LogP contribution in [0, 0.1) is 5.21 Å². The Kier molecular flexibility index (Phi) is 12.3. The quantitative estimate of drug-likeness (QED) is 0.0318. The third kappa shape index (κ3) is 9.05. The molecule has 0 radical (unpaired) electrons. The molecule has 1 atom stereocenters. The van der Waals surface area contributed by atoms with Crippen molar-refractivity contribution in [3.8, 4) is 28.5 Å². The minimum Gasteiger partial charge on any atom is -0.569 e. The minimum atomic E-state index is -1.26. The standard InChI is InChI=1S/C34H39N9O8/c1-5-41(6-2)43(46)40-49-21-11-20-48-34(45)51-23(4)50-32(44)28-14-10-15-29-30(28)42(33(35-29)47-7-3)22-24-16-18-25(19-17-24)26-12-8-9-13-27(26)31-36-38-39-37-31/h8-10,12-19,23H,5-7,11,20-22H2,1-4H3,(H,36,37,38,39)/b43-40-. The first-order chi connectivity index (χ1) is 24.8. The number of hydrazine groups is 1. The number of aromatic nitrogens is 6. The van der Waals surface area contributed by atoms with E-state index in [1.54, 1.807) is 22.8 Å². The molecule has 0 aliphatic carbocycles. The summed E-state index contributed by atoms with van der Waals surface area (Å²) < 4.78 is 23.3. The Bertz CT molecular complexity index is 1930. The molecule has 1 unspecified atom stereocenters. The molecule has 0 saturated carbocycles. The summed E-state index contributed by atoms with van der Waals surface area (Å²) in [4.78, 5) is 35.6. The number of esters is 1. The van der Waals surface area contributed by atoms with Crippen molar-refractivity contribution in [1.29, 1.82) is 0 Å². The van der Waals surface area contributed by atoms with Gasteiger partial charge in [0.05, 0.1) is 54.4 Å². The fraction of sp³-hybridized carbons (Fsp3) is 0.353. The van der Waals surface area contributed by atoms with Crippen LogP contribution in [0.25, 0.3) is 33.5 Å². The average Bonchev–Trinajstić information content (AvgIpc) is 3.79. The summed E-state index contributed by atoms with van der Waals surface area (Å²) in [6.45, 7) is 8.52. The number of imidazole rings is 1. The fourth-order valence-corrected chi connectivity index (χ4v) is 5.19. The van der Waals surface area contributed by atoms with E-state index in [0.717, 1.165) is 22.3 Å².